The first-order valence-electron chi connectivity index (χ1n) is 5.23. The maximum absolute atomic E-state index is 5.60. The molecule has 1 aliphatic rings. The number of hydrogen-bond donors (Lipinski definition) is 1. The van der Waals surface area contributed by atoms with Crippen molar-refractivity contribution in [3.8, 4) is 0 Å². The average molecular weight is 220 g/mol. The summed E-state index contributed by atoms with van der Waals surface area (Å²) in [5, 5.41) is 0. The Kier molecular flexibility index (Phi) is 2.65. The molecule has 2 nitrogen and oxygen atoms in total. The highest BCUT2D eigenvalue weighted by molar-refractivity contribution is 7.80. The summed E-state index contributed by atoms with van der Waals surface area (Å²) in [6, 6.07) is 6.92. The van der Waals surface area contributed by atoms with Gasteiger partial charge in [0.1, 0.15) is 4.99 Å². The van der Waals surface area contributed by atoms with Crippen LogP contribution in [-0.2, 0) is 0 Å². The predicted octanol–water partition coefficient (Wildman–Crippen LogP) is 2.23. The molecule has 3 heteroatoms. The molecule has 0 saturated heterocycles. The van der Waals surface area contributed by atoms with Gasteiger partial charge in [-0.2, -0.15) is 0 Å². The minimum Gasteiger partial charge on any atom is -0.389 e. The average Bonchev–Trinajstić information content (AvgIpc) is 2.99. The largest absolute Gasteiger partial charge is 0.389 e. The Labute approximate surface area is 96.1 Å². The fourth-order valence-corrected chi connectivity index (χ4v) is 1.99. The molecular formula is C12H16N2S. The second-order valence-electron chi connectivity index (χ2n) is 4.21. The van der Waals surface area contributed by atoms with E-state index in [0.717, 1.165) is 11.6 Å². The van der Waals surface area contributed by atoms with Crippen LogP contribution in [0.1, 0.15) is 24.0 Å². The van der Waals surface area contributed by atoms with E-state index in [0.29, 0.717) is 4.99 Å². The summed E-state index contributed by atoms with van der Waals surface area (Å²) in [4.78, 5) is 2.82. The number of anilines is 1. The molecule has 1 aromatic rings. The van der Waals surface area contributed by atoms with Gasteiger partial charge in [0.05, 0.1) is 0 Å². The molecule has 1 aromatic carbocycles. The van der Waals surface area contributed by atoms with E-state index in [4.69, 9.17) is 18.0 Å². The van der Waals surface area contributed by atoms with Crippen LogP contribution in [0.2, 0.25) is 0 Å². The summed E-state index contributed by atoms with van der Waals surface area (Å²) >= 11 is 4.96. The summed E-state index contributed by atoms with van der Waals surface area (Å²) in [5.74, 6) is 0. The van der Waals surface area contributed by atoms with Crippen LogP contribution in [0, 0.1) is 6.92 Å². The monoisotopic (exact) mass is 220 g/mol. The Morgan fingerprint density at radius 1 is 1.47 bits per heavy atom. The minimum absolute atomic E-state index is 0.471. The first-order valence-corrected chi connectivity index (χ1v) is 5.63. The van der Waals surface area contributed by atoms with E-state index in [-0.39, 0.29) is 0 Å². The molecule has 15 heavy (non-hydrogen) atoms. The van der Waals surface area contributed by atoms with Gasteiger partial charge in [0.15, 0.2) is 0 Å². The van der Waals surface area contributed by atoms with E-state index < -0.39 is 0 Å². The molecular weight excluding hydrogens is 204 g/mol. The van der Waals surface area contributed by atoms with Crippen LogP contribution in [-0.4, -0.2) is 18.1 Å². The first-order chi connectivity index (χ1) is 7.09. The van der Waals surface area contributed by atoms with Crippen LogP contribution < -0.4 is 10.6 Å². The van der Waals surface area contributed by atoms with Crippen LogP contribution in [0.4, 0.5) is 5.69 Å². The van der Waals surface area contributed by atoms with E-state index in [1.165, 1.54) is 24.1 Å². The Bertz CT molecular complexity index is 397. The Balaban J connectivity index is 2.29. The van der Waals surface area contributed by atoms with Crippen molar-refractivity contribution in [1.82, 2.24) is 0 Å². The van der Waals surface area contributed by atoms with Gasteiger partial charge in [-0.05, 0) is 43.5 Å². The molecule has 1 aliphatic carbocycles. The highest BCUT2D eigenvalue weighted by Gasteiger charge is 2.27. The summed E-state index contributed by atoms with van der Waals surface area (Å²) < 4.78 is 0. The van der Waals surface area contributed by atoms with Crippen molar-refractivity contribution in [1.29, 1.82) is 0 Å². The summed E-state index contributed by atoms with van der Waals surface area (Å²) in [7, 11) is 2.15. The normalized spacial score (nSPS) is 15.1. The van der Waals surface area contributed by atoms with E-state index in [1.54, 1.807) is 0 Å². The molecule has 0 spiro atoms. The van der Waals surface area contributed by atoms with Gasteiger partial charge in [-0.1, -0.05) is 12.2 Å². The molecule has 0 aromatic heterocycles. The Morgan fingerprint density at radius 3 is 2.60 bits per heavy atom. The van der Waals surface area contributed by atoms with Crippen molar-refractivity contribution in [3.63, 3.8) is 0 Å². The van der Waals surface area contributed by atoms with E-state index in [2.05, 4.69) is 31.0 Å². The number of benzene rings is 1. The van der Waals surface area contributed by atoms with Crippen LogP contribution in [0.25, 0.3) is 0 Å². The number of rotatable bonds is 3. The lowest BCUT2D eigenvalue weighted by Gasteiger charge is -2.21. The van der Waals surface area contributed by atoms with Gasteiger partial charge in [0.25, 0.3) is 0 Å². The summed E-state index contributed by atoms with van der Waals surface area (Å²) in [6.07, 6.45) is 2.62. The van der Waals surface area contributed by atoms with Crippen molar-refractivity contribution < 1.29 is 0 Å². The van der Waals surface area contributed by atoms with Gasteiger partial charge >= 0.3 is 0 Å². The van der Waals surface area contributed by atoms with Gasteiger partial charge in [-0.25, -0.2) is 0 Å². The molecule has 2 rings (SSSR count). The second kappa shape index (κ2) is 3.81. The number of nitrogens with two attached hydrogens (primary N) is 1. The van der Waals surface area contributed by atoms with Crippen LogP contribution in [0.15, 0.2) is 18.2 Å². The molecule has 1 fully saturated rings. The maximum Gasteiger partial charge on any atom is 0.103 e. The molecule has 0 unspecified atom stereocenters. The van der Waals surface area contributed by atoms with Crippen LogP contribution in [0.5, 0.6) is 0 Å². The Morgan fingerprint density at radius 2 is 2.13 bits per heavy atom. The molecule has 0 atom stereocenters. The molecule has 1 saturated carbocycles. The van der Waals surface area contributed by atoms with Crippen molar-refractivity contribution >= 4 is 22.9 Å². The van der Waals surface area contributed by atoms with Gasteiger partial charge in [-0.15, -0.1) is 0 Å². The van der Waals surface area contributed by atoms with Gasteiger partial charge < -0.3 is 10.6 Å². The van der Waals surface area contributed by atoms with Crippen molar-refractivity contribution in [2.75, 3.05) is 11.9 Å². The predicted molar refractivity (Wildman–Crippen MR) is 68.5 cm³/mol. The lowest BCUT2D eigenvalue weighted by Crippen LogP contribution is -2.20. The van der Waals surface area contributed by atoms with Crippen molar-refractivity contribution in [3.05, 3.63) is 29.3 Å². The lowest BCUT2D eigenvalue weighted by atomic mass is 10.1. The molecule has 2 N–H and O–H groups in total. The topological polar surface area (TPSA) is 29.3 Å². The zero-order chi connectivity index (χ0) is 11.0. The standard InChI is InChI=1S/C12H16N2S/c1-8-7-9(12(13)15)3-6-11(8)14(2)10-4-5-10/h3,6-7,10H,4-5H2,1-2H3,(H2,13,15). The lowest BCUT2D eigenvalue weighted by molar-refractivity contribution is 0.911. The fourth-order valence-electron chi connectivity index (χ4n) is 1.86. The second-order valence-corrected chi connectivity index (χ2v) is 4.65. The van der Waals surface area contributed by atoms with Crippen LogP contribution in [0.3, 0.4) is 0 Å². The number of aryl methyl sites for hydroxylation is 1. The molecule has 0 aliphatic heterocycles. The number of thiocarbonyl (C=S) groups is 1. The Hall–Kier alpha value is -1.09. The van der Waals surface area contributed by atoms with E-state index in [1.807, 2.05) is 6.07 Å². The molecule has 0 bridgehead atoms. The summed E-state index contributed by atoms with van der Waals surface area (Å²) in [6.45, 7) is 2.11. The van der Waals surface area contributed by atoms with Crippen molar-refractivity contribution in [2.24, 2.45) is 5.73 Å². The maximum atomic E-state index is 5.60. The number of hydrogen-bond acceptors (Lipinski definition) is 2. The zero-order valence-electron chi connectivity index (χ0n) is 9.16. The van der Waals surface area contributed by atoms with E-state index in [9.17, 15) is 0 Å². The van der Waals surface area contributed by atoms with Gasteiger partial charge in [0.2, 0.25) is 0 Å². The molecule has 80 valence electrons. The van der Waals surface area contributed by atoms with Gasteiger partial charge in [-0.3, -0.25) is 0 Å². The molecule has 0 heterocycles. The van der Waals surface area contributed by atoms with Crippen molar-refractivity contribution in [2.45, 2.75) is 25.8 Å². The van der Waals surface area contributed by atoms with Gasteiger partial charge in [0, 0.05) is 24.3 Å². The third-order valence-electron chi connectivity index (χ3n) is 2.96. The third kappa shape index (κ3) is 2.12. The number of nitrogens with zero attached hydrogens (tertiary/aromatic N) is 1. The van der Waals surface area contributed by atoms with E-state index >= 15 is 0 Å². The molecule has 0 radical (unpaired) electrons. The SMILES string of the molecule is Cc1cc(C(N)=S)ccc1N(C)C1CC1. The zero-order valence-corrected chi connectivity index (χ0v) is 9.97. The quantitative estimate of drug-likeness (QED) is 0.792. The molecule has 0 amide bonds. The van der Waals surface area contributed by atoms with Crippen LogP contribution >= 0.6 is 12.2 Å². The summed E-state index contributed by atoms with van der Waals surface area (Å²) in [5.41, 5.74) is 9.09. The first kappa shape index (κ1) is 10.4. The fraction of sp³-hybridized carbons (Fsp3) is 0.417. The minimum atomic E-state index is 0.471. The smallest absolute Gasteiger partial charge is 0.103 e. The third-order valence-corrected chi connectivity index (χ3v) is 3.19. The highest BCUT2D eigenvalue weighted by atomic mass is 32.1. The highest BCUT2D eigenvalue weighted by Crippen LogP contribution is 2.32.